The maximum Gasteiger partial charge on any atom is 0.410 e. The average Bonchev–Trinajstić information content (AvgIpc) is 2.73. The van der Waals surface area contributed by atoms with Gasteiger partial charge in [-0.05, 0) is 6.92 Å². The lowest BCUT2D eigenvalue weighted by Crippen LogP contribution is -2.66. The van der Waals surface area contributed by atoms with Crippen molar-refractivity contribution in [2.45, 2.75) is 25.4 Å². The molecule has 0 radical (unpaired) electrons. The Labute approximate surface area is 99.2 Å². The molecule has 1 saturated heterocycles. The van der Waals surface area contributed by atoms with Crippen LogP contribution in [-0.4, -0.2) is 45.5 Å². The topological polar surface area (TPSA) is 64.4 Å². The van der Waals surface area contributed by atoms with Crippen molar-refractivity contribution in [3.05, 3.63) is 18.2 Å². The van der Waals surface area contributed by atoms with Crippen LogP contribution in [0.1, 0.15) is 12.7 Å². The van der Waals surface area contributed by atoms with Crippen molar-refractivity contribution in [3.8, 4) is 0 Å². The van der Waals surface area contributed by atoms with E-state index in [-0.39, 0.29) is 5.78 Å². The van der Waals surface area contributed by atoms with Gasteiger partial charge in [-0.2, -0.15) is 0 Å². The van der Waals surface area contributed by atoms with E-state index in [1.165, 1.54) is 12.0 Å². The highest BCUT2D eigenvalue weighted by atomic mass is 16.5. The lowest BCUT2D eigenvalue weighted by Gasteiger charge is -2.43. The van der Waals surface area contributed by atoms with Gasteiger partial charge in [0, 0.05) is 25.9 Å². The Morgan fingerprint density at radius 2 is 2.29 bits per heavy atom. The maximum atomic E-state index is 11.7. The minimum absolute atomic E-state index is 0.0541. The third-order valence-corrected chi connectivity index (χ3v) is 3.18. The molecule has 1 fully saturated rings. The SMILES string of the molecule is COC(=O)N1C(C)C(=O)C1Cc1nccn1C. The van der Waals surface area contributed by atoms with Gasteiger partial charge in [0.25, 0.3) is 0 Å². The van der Waals surface area contributed by atoms with E-state index >= 15 is 0 Å². The predicted molar refractivity (Wildman–Crippen MR) is 59.4 cm³/mol. The van der Waals surface area contributed by atoms with Crippen molar-refractivity contribution < 1.29 is 14.3 Å². The molecule has 1 amide bonds. The van der Waals surface area contributed by atoms with Crippen LogP contribution in [0.3, 0.4) is 0 Å². The maximum absolute atomic E-state index is 11.7. The molecule has 0 spiro atoms. The number of hydrogen-bond acceptors (Lipinski definition) is 4. The fourth-order valence-electron chi connectivity index (χ4n) is 2.10. The van der Waals surface area contributed by atoms with E-state index < -0.39 is 18.2 Å². The minimum Gasteiger partial charge on any atom is -0.453 e. The molecule has 0 bridgehead atoms. The standard InChI is InChI=1S/C11H15N3O3/c1-7-10(15)8(14(7)11(16)17-3)6-9-12-4-5-13(9)2/h4-5,7-8H,6H2,1-3H3. The number of ketones is 1. The Morgan fingerprint density at radius 1 is 1.59 bits per heavy atom. The second-order valence-corrected chi connectivity index (χ2v) is 4.13. The Hall–Kier alpha value is -1.85. The summed E-state index contributed by atoms with van der Waals surface area (Å²) in [5.41, 5.74) is 0. The van der Waals surface area contributed by atoms with E-state index in [1.54, 1.807) is 13.1 Å². The van der Waals surface area contributed by atoms with E-state index in [0.29, 0.717) is 6.42 Å². The number of aromatic nitrogens is 2. The molecule has 2 rings (SSSR count). The number of rotatable bonds is 2. The first-order valence-corrected chi connectivity index (χ1v) is 5.42. The van der Waals surface area contributed by atoms with Gasteiger partial charge in [-0.1, -0.05) is 0 Å². The first-order chi connectivity index (χ1) is 8.06. The van der Waals surface area contributed by atoms with Crippen LogP contribution in [0, 0.1) is 0 Å². The summed E-state index contributed by atoms with van der Waals surface area (Å²) in [5, 5.41) is 0. The summed E-state index contributed by atoms with van der Waals surface area (Å²) >= 11 is 0. The van der Waals surface area contributed by atoms with E-state index in [0.717, 1.165) is 5.82 Å². The molecular formula is C11H15N3O3. The molecule has 0 saturated carbocycles. The van der Waals surface area contributed by atoms with E-state index in [4.69, 9.17) is 0 Å². The Balaban J connectivity index is 2.12. The number of amides is 1. The molecule has 92 valence electrons. The minimum atomic E-state index is -0.462. The fraction of sp³-hybridized carbons (Fsp3) is 0.545. The summed E-state index contributed by atoms with van der Waals surface area (Å²) in [7, 11) is 3.17. The first-order valence-electron chi connectivity index (χ1n) is 5.42. The van der Waals surface area contributed by atoms with Gasteiger partial charge < -0.3 is 9.30 Å². The number of methoxy groups -OCH3 is 1. The average molecular weight is 237 g/mol. The molecule has 6 heteroatoms. The number of carbonyl (C=O) groups excluding carboxylic acids is 2. The Kier molecular flexibility index (Phi) is 2.87. The summed E-state index contributed by atoms with van der Waals surface area (Å²) < 4.78 is 6.50. The smallest absolute Gasteiger partial charge is 0.410 e. The molecule has 6 nitrogen and oxygen atoms in total. The van der Waals surface area contributed by atoms with E-state index in [9.17, 15) is 9.59 Å². The third kappa shape index (κ3) is 1.79. The van der Waals surface area contributed by atoms with Crippen LogP contribution in [0.15, 0.2) is 12.4 Å². The Morgan fingerprint density at radius 3 is 2.82 bits per heavy atom. The van der Waals surface area contributed by atoms with Crippen molar-refractivity contribution in [1.29, 1.82) is 0 Å². The number of ether oxygens (including phenoxy) is 1. The number of carbonyl (C=O) groups is 2. The number of hydrogen-bond donors (Lipinski definition) is 0. The summed E-state index contributed by atoms with van der Waals surface area (Å²) in [6, 6.07) is -0.841. The number of nitrogens with zero attached hydrogens (tertiary/aromatic N) is 3. The van der Waals surface area contributed by atoms with Crippen LogP contribution >= 0.6 is 0 Å². The van der Waals surface area contributed by atoms with Gasteiger partial charge in [-0.3, -0.25) is 9.69 Å². The van der Waals surface area contributed by atoms with Crippen LogP contribution in [0.25, 0.3) is 0 Å². The molecule has 1 aromatic rings. The van der Waals surface area contributed by atoms with Crippen molar-refractivity contribution in [1.82, 2.24) is 14.5 Å². The largest absolute Gasteiger partial charge is 0.453 e. The number of likely N-dealkylation sites (tertiary alicyclic amines) is 1. The Bertz CT molecular complexity index is 455. The number of aryl methyl sites for hydroxylation is 1. The van der Waals surface area contributed by atoms with Gasteiger partial charge in [-0.25, -0.2) is 9.78 Å². The number of imidazole rings is 1. The first kappa shape index (κ1) is 11.6. The van der Waals surface area contributed by atoms with Crippen LogP contribution in [0.5, 0.6) is 0 Å². The molecule has 1 aromatic heterocycles. The monoisotopic (exact) mass is 237 g/mol. The summed E-state index contributed by atoms with van der Waals surface area (Å²) in [6.07, 6.45) is 3.45. The second-order valence-electron chi connectivity index (χ2n) is 4.13. The van der Waals surface area contributed by atoms with Crippen molar-refractivity contribution in [2.24, 2.45) is 7.05 Å². The molecule has 0 aliphatic carbocycles. The third-order valence-electron chi connectivity index (χ3n) is 3.18. The van der Waals surface area contributed by atoms with Crippen molar-refractivity contribution in [3.63, 3.8) is 0 Å². The van der Waals surface area contributed by atoms with Gasteiger partial charge >= 0.3 is 6.09 Å². The molecule has 0 aromatic carbocycles. The summed E-state index contributed by atoms with van der Waals surface area (Å²) in [5.74, 6) is 0.836. The zero-order valence-electron chi connectivity index (χ0n) is 10.1. The second kappa shape index (κ2) is 4.20. The zero-order chi connectivity index (χ0) is 12.6. The van der Waals surface area contributed by atoms with Gasteiger partial charge in [0.05, 0.1) is 13.2 Å². The molecule has 1 aliphatic rings. The van der Waals surface area contributed by atoms with Crippen LogP contribution in [0.4, 0.5) is 4.79 Å². The normalized spacial score (nSPS) is 23.5. The molecule has 2 heterocycles. The van der Waals surface area contributed by atoms with E-state index in [1.807, 2.05) is 17.8 Å². The van der Waals surface area contributed by atoms with Gasteiger partial charge in [0.15, 0.2) is 5.78 Å². The quantitative estimate of drug-likeness (QED) is 0.745. The fourth-order valence-corrected chi connectivity index (χ4v) is 2.10. The van der Waals surface area contributed by atoms with Gasteiger partial charge in [0.1, 0.15) is 11.9 Å². The highest BCUT2D eigenvalue weighted by molar-refractivity contribution is 6.00. The van der Waals surface area contributed by atoms with Crippen molar-refractivity contribution in [2.75, 3.05) is 7.11 Å². The lowest BCUT2D eigenvalue weighted by atomic mass is 9.90. The van der Waals surface area contributed by atoms with E-state index in [2.05, 4.69) is 9.72 Å². The van der Waals surface area contributed by atoms with Crippen LogP contribution in [0.2, 0.25) is 0 Å². The number of Topliss-reactive ketones (excluding diaryl/α,β-unsaturated/α-hetero) is 1. The van der Waals surface area contributed by atoms with Gasteiger partial charge in [-0.15, -0.1) is 0 Å². The molecule has 1 aliphatic heterocycles. The molecular weight excluding hydrogens is 222 g/mol. The zero-order valence-corrected chi connectivity index (χ0v) is 10.1. The predicted octanol–water partition coefficient (Wildman–Crippen LogP) is 0.371. The van der Waals surface area contributed by atoms with Crippen LogP contribution < -0.4 is 0 Å². The molecule has 2 atom stereocenters. The van der Waals surface area contributed by atoms with Gasteiger partial charge in [0.2, 0.25) is 0 Å². The highest BCUT2D eigenvalue weighted by Gasteiger charge is 2.48. The molecule has 0 N–H and O–H groups in total. The lowest BCUT2D eigenvalue weighted by molar-refractivity contribution is -0.141. The molecule has 2 unspecified atom stereocenters. The van der Waals surface area contributed by atoms with Crippen LogP contribution in [-0.2, 0) is 23.0 Å². The summed E-state index contributed by atoms with van der Waals surface area (Å²) in [6.45, 7) is 1.70. The highest BCUT2D eigenvalue weighted by Crippen LogP contribution is 2.25. The van der Waals surface area contributed by atoms with Crippen molar-refractivity contribution >= 4 is 11.9 Å². The molecule has 17 heavy (non-hydrogen) atoms. The summed E-state index contributed by atoms with van der Waals surface area (Å²) in [4.78, 5) is 28.8.